The number of hydrogen-bond acceptors (Lipinski definition) is 4. The van der Waals surface area contributed by atoms with Gasteiger partial charge in [-0.05, 0) is 18.1 Å². The van der Waals surface area contributed by atoms with Crippen molar-refractivity contribution < 1.29 is 9.90 Å². The summed E-state index contributed by atoms with van der Waals surface area (Å²) in [4.78, 5) is 14.9. The maximum atomic E-state index is 10.7. The number of hydrogen-bond donors (Lipinski definition) is 2. The average Bonchev–Trinajstić information content (AvgIpc) is 2.36. The fourth-order valence-electron chi connectivity index (χ4n) is 1.41. The second-order valence-electron chi connectivity index (χ2n) is 3.42. The molecule has 0 heterocycles. The van der Waals surface area contributed by atoms with Crippen LogP contribution in [0, 0.1) is 0 Å². The van der Waals surface area contributed by atoms with Crippen LogP contribution in [0.3, 0.4) is 0 Å². The summed E-state index contributed by atoms with van der Waals surface area (Å²) in [6, 6.07) is 3.42. The van der Waals surface area contributed by atoms with Gasteiger partial charge in [-0.1, -0.05) is 24.6 Å². The molecular formula is C12H15ClN2O2. The van der Waals surface area contributed by atoms with Crippen LogP contribution in [0.25, 0.3) is 0 Å². The number of benzene rings is 1. The molecule has 0 aromatic heterocycles. The predicted octanol–water partition coefficient (Wildman–Crippen LogP) is 2.56. The SMILES string of the molecule is CCC(C=O)=Nc1ccc(CO)c(Cl)c1NC. The Labute approximate surface area is 105 Å². The first-order valence-corrected chi connectivity index (χ1v) is 5.68. The fraction of sp³-hybridized carbons (Fsp3) is 0.333. The summed E-state index contributed by atoms with van der Waals surface area (Å²) in [5, 5.41) is 12.5. The highest BCUT2D eigenvalue weighted by Gasteiger charge is 2.10. The molecule has 2 N–H and O–H groups in total. The largest absolute Gasteiger partial charge is 0.392 e. The number of aldehydes is 1. The Morgan fingerprint density at radius 3 is 2.76 bits per heavy atom. The van der Waals surface area contributed by atoms with Gasteiger partial charge in [0.15, 0.2) is 6.29 Å². The van der Waals surface area contributed by atoms with Gasteiger partial charge in [0.1, 0.15) is 0 Å². The average molecular weight is 255 g/mol. The van der Waals surface area contributed by atoms with Crippen LogP contribution in [-0.2, 0) is 11.4 Å². The van der Waals surface area contributed by atoms with E-state index in [2.05, 4.69) is 10.3 Å². The zero-order valence-corrected chi connectivity index (χ0v) is 10.6. The molecule has 0 fully saturated rings. The molecular weight excluding hydrogens is 240 g/mol. The number of anilines is 1. The van der Waals surface area contributed by atoms with Gasteiger partial charge in [0.25, 0.3) is 0 Å². The molecule has 0 unspecified atom stereocenters. The van der Waals surface area contributed by atoms with Gasteiger partial charge in [-0.15, -0.1) is 0 Å². The second kappa shape index (κ2) is 6.37. The van der Waals surface area contributed by atoms with E-state index in [1.807, 2.05) is 6.92 Å². The van der Waals surface area contributed by atoms with Crippen LogP contribution in [0.4, 0.5) is 11.4 Å². The standard InChI is InChI=1S/C12H15ClN2O2/c1-3-9(7-17)15-10-5-4-8(6-16)11(13)12(10)14-2/h4-5,7,14,16H,3,6H2,1-2H3. The molecule has 0 bridgehead atoms. The van der Waals surface area contributed by atoms with Crippen molar-refractivity contribution in [2.24, 2.45) is 4.99 Å². The number of nitrogens with zero attached hydrogens (tertiary/aromatic N) is 1. The summed E-state index contributed by atoms with van der Waals surface area (Å²) in [6.07, 6.45) is 1.29. The van der Waals surface area contributed by atoms with Crippen LogP contribution >= 0.6 is 11.6 Å². The molecule has 4 nitrogen and oxygen atoms in total. The van der Waals surface area contributed by atoms with Gasteiger partial charge in [-0.2, -0.15) is 0 Å². The summed E-state index contributed by atoms with van der Waals surface area (Å²) >= 11 is 6.10. The van der Waals surface area contributed by atoms with E-state index in [1.54, 1.807) is 19.2 Å². The minimum absolute atomic E-state index is 0.133. The number of aliphatic hydroxyl groups excluding tert-OH is 1. The van der Waals surface area contributed by atoms with Crippen LogP contribution in [0.1, 0.15) is 18.9 Å². The lowest BCUT2D eigenvalue weighted by molar-refractivity contribution is -0.102. The lowest BCUT2D eigenvalue weighted by Gasteiger charge is -2.11. The summed E-state index contributed by atoms with van der Waals surface area (Å²) in [6.45, 7) is 1.72. The van der Waals surface area contributed by atoms with Crippen molar-refractivity contribution in [2.75, 3.05) is 12.4 Å². The summed E-state index contributed by atoms with van der Waals surface area (Å²) in [7, 11) is 1.72. The number of aliphatic hydroxyl groups is 1. The summed E-state index contributed by atoms with van der Waals surface area (Å²) < 4.78 is 0. The molecule has 0 saturated carbocycles. The number of carbonyl (C=O) groups is 1. The van der Waals surface area contributed by atoms with Crippen molar-refractivity contribution in [2.45, 2.75) is 20.0 Å². The second-order valence-corrected chi connectivity index (χ2v) is 3.79. The quantitative estimate of drug-likeness (QED) is 0.627. The van der Waals surface area contributed by atoms with Crippen molar-refractivity contribution in [3.8, 4) is 0 Å². The van der Waals surface area contributed by atoms with Crippen molar-refractivity contribution in [3.63, 3.8) is 0 Å². The van der Waals surface area contributed by atoms with E-state index in [1.165, 1.54) is 0 Å². The van der Waals surface area contributed by atoms with E-state index in [0.29, 0.717) is 34.1 Å². The molecule has 1 aromatic carbocycles. The minimum Gasteiger partial charge on any atom is -0.392 e. The molecule has 1 rings (SSSR count). The first-order chi connectivity index (χ1) is 8.17. The molecule has 0 atom stereocenters. The van der Waals surface area contributed by atoms with E-state index >= 15 is 0 Å². The third-order valence-corrected chi connectivity index (χ3v) is 2.81. The van der Waals surface area contributed by atoms with E-state index in [4.69, 9.17) is 16.7 Å². The minimum atomic E-state index is -0.133. The fourth-order valence-corrected chi connectivity index (χ4v) is 1.72. The number of rotatable bonds is 5. The molecule has 17 heavy (non-hydrogen) atoms. The monoisotopic (exact) mass is 254 g/mol. The van der Waals surface area contributed by atoms with Gasteiger partial charge in [0.2, 0.25) is 0 Å². The molecule has 92 valence electrons. The maximum Gasteiger partial charge on any atom is 0.164 e. The topological polar surface area (TPSA) is 61.7 Å². The third-order valence-electron chi connectivity index (χ3n) is 2.38. The maximum absolute atomic E-state index is 10.7. The van der Waals surface area contributed by atoms with Crippen molar-refractivity contribution in [3.05, 3.63) is 22.7 Å². The van der Waals surface area contributed by atoms with Gasteiger partial charge < -0.3 is 10.4 Å². The predicted molar refractivity (Wildman–Crippen MR) is 70.4 cm³/mol. The molecule has 0 amide bonds. The Morgan fingerprint density at radius 2 is 2.29 bits per heavy atom. The Hall–Kier alpha value is -1.39. The Morgan fingerprint density at radius 1 is 1.59 bits per heavy atom. The third kappa shape index (κ3) is 3.05. The molecule has 0 aliphatic rings. The van der Waals surface area contributed by atoms with E-state index in [0.717, 1.165) is 6.29 Å². The number of nitrogens with one attached hydrogen (secondary N) is 1. The molecule has 1 aromatic rings. The number of aliphatic imine (C=N–C) groups is 1. The van der Waals surface area contributed by atoms with E-state index in [-0.39, 0.29) is 6.61 Å². The molecule has 0 aliphatic carbocycles. The Kier molecular flexibility index (Phi) is 5.12. The van der Waals surface area contributed by atoms with Gasteiger partial charge in [-0.25, -0.2) is 4.99 Å². The van der Waals surface area contributed by atoms with Gasteiger partial charge in [0, 0.05) is 7.05 Å². The first kappa shape index (κ1) is 13.7. The Balaban J connectivity index is 3.30. The van der Waals surface area contributed by atoms with Crippen LogP contribution in [0.2, 0.25) is 5.02 Å². The molecule has 0 spiro atoms. The van der Waals surface area contributed by atoms with E-state index < -0.39 is 0 Å². The highest BCUT2D eigenvalue weighted by atomic mass is 35.5. The lowest BCUT2D eigenvalue weighted by Crippen LogP contribution is -1.99. The molecule has 0 saturated heterocycles. The smallest absolute Gasteiger partial charge is 0.164 e. The lowest BCUT2D eigenvalue weighted by atomic mass is 10.1. The molecule has 0 aliphatic heterocycles. The number of carbonyl (C=O) groups excluding carboxylic acids is 1. The van der Waals surface area contributed by atoms with Crippen LogP contribution < -0.4 is 5.32 Å². The summed E-state index contributed by atoms with van der Waals surface area (Å²) in [5.74, 6) is 0. The first-order valence-electron chi connectivity index (χ1n) is 5.30. The zero-order valence-electron chi connectivity index (χ0n) is 9.83. The Bertz CT molecular complexity index is 444. The van der Waals surface area contributed by atoms with Crippen molar-refractivity contribution in [1.82, 2.24) is 0 Å². The summed E-state index contributed by atoms with van der Waals surface area (Å²) in [5.41, 5.74) is 2.29. The van der Waals surface area contributed by atoms with Crippen molar-refractivity contribution in [1.29, 1.82) is 0 Å². The van der Waals surface area contributed by atoms with Crippen LogP contribution in [0.15, 0.2) is 17.1 Å². The van der Waals surface area contributed by atoms with Crippen LogP contribution in [0.5, 0.6) is 0 Å². The number of halogens is 1. The van der Waals surface area contributed by atoms with Crippen molar-refractivity contribution >= 4 is 35.0 Å². The molecule has 0 radical (unpaired) electrons. The highest BCUT2D eigenvalue weighted by molar-refractivity contribution is 6.35. The van der Waals surface area contributed by atoms with Gasteiger partial charge in [0.05, 0.1) is 28.7 Å². The highest BCUT2D eigenvalue weighted by Crippen LogP contribution is 2.35. The van der Waals surface area contributed by atoms with Gasteiger partial charge in [-0.3, -0.25) is 4.79 Å². The normalized spacial score (nSPS) is 11.4. The zero-order chi connectivity index (χ0) is 12.8. The van der Waals surface area contributed by atoms with Crippen LogP contribution in [-0.4, -0.2) is 24.2 Å². The van der Waals surface area contributed by atoms with Gasteiger partial charge >= 0.3 is 0 Å². The van der Waals surface area contributed by atoms with E-state index in [9.17, 15) is 4.79 Å². The molecule has 5 heteroatoms.